The average Bonchev–Trinajstić information content (AvgIpc) is 2.79. The summed E-state index contributed by atoms with van der Waals surface area (Å²) in [6, 6.07) is 19.4. The van der Waals surface area contributed by atoms with Gasteiger partial charge in [-0.25, -0.2) is 0 Å². The van der Waals surface area contributed by atoms with Crippen molar-refractivity contribution in [1.82, 2.24) is 0 Å². The lowest BCUT2D eigenvalue weighted by molar-refractivity contribution is -0.157. The molecular formula is C23H31N3O4SSi. The smallest absolute Gasteiger partial charge is 0.261 e. The molecule has 0 bridgehead atoms. The molecule has 2 N–H and O–H groups in total. The zero-order valence-electron chi connectivity index (χ0n) is 18.8. The number of benzene rings is 2. The first-order chi connectivity index (χ1) is 15.3. The van der Waals surface area contributed by atoms with Gasteiger partial charge in [-0.3, -0.25) is 0 Å². The second kappa shape index (κ2) is 10.4. The Labute approximate surface area is 194 Å². The Kier molecular flexibility index (Phi) is 8.05. The molecule has 2 aromatic rings. The quantitative estimate of drug-likeness (QED) is 0.278. The van der Waals surface area contributed by atoms with E-state index in [1.54, 1.807) is 6.26 Å². The van der Waals surface area contributed by atoms with Crippen molar-refractivity contribution in [3.8, 4) is 0 Å². The fourth-order valence-corrected chi connectivity index (χ4v) is 9.68. The van der Waals surface area contributed by atoms with Crippen LogP contribution in [-0.2, 0) is 9.16 Å². The van der Waals surface area contributed by atoms with Crippen LogP contribution < -0.4 is 10.4 Å². The van der Waals surface area contributed by atoms with Crippen molar-refractivity contribution in [3.63, 3.8) is 0 Å². The summed E-state index contributed by atoms with van der Waals surface area (Å²) in [6.45, 7) is 6.63. The molecule has 0 spiro atoms. The number of aliphatic hydroxyl groups excluding tert-OH is 2. The topological polar surface area (TPSA) is 108 Å². The van der Waals surface area contributed by atoms with E-state index in [1.807, 2.05) is 36.4 Å². The predicted molar refractivity (Wildman–Crippen MR) is 131 cm³/mol. The third-order valence-corrected chi connectivity index (χ3v) is 11.8. The van der Waals surface area contributed by atoms with Crippen LogP contribution in [0.5, 0.6) is 0 Å². The number of thioether (sulfide) groups is 1. The summed E-state index contributed by atoms with van der Waals surface area (Å²) >= 11 is 1.31. The van der Waals surface area contributed by atoms with E-state index in [-0.39, 0.29) is 11.6 Å². The standard InChI is InChI=1S/C23H31N3O4SSi/c1-23(2,3)32(16-11-7-5-8-12-16,17-13-9-6-10-14-17)29-15-18-20(27)19(25-26-24)21(28)22(30-18)31-4/h5-14,18-22,27-28H,15H2,1-4H3/t18?,19-,20+,21?,22-/m0/s1. The van der Waals surface area contributed by atoms with Crippen molar-refractivity contribution >= 4 is 30.5 Å². The number of hydrogen-bond acceptors (Lipinski definition) is 6. The van der Waals surface area contributed by atoms with Crippen molar-refractivity contribution in [1.29, 1.82) is 0 Å². The van der Waals surface area contributed by atoms with Crippen LogP contribution in [0, 0.1) is 0 Å². The van der Waals surface area contributed by atoms with Gasteiger partial charge in [-0.05, 0) is 27.2 Å². The first-order valence-electron chi connectivity index (χ1n) is 10.6. The molecule has 1 heterocycles. The summed E-state index contributed by atoms with van der Waals surface area (Å²) in [5.74, 6) is 0. The highest BCUT2D eigenvalue weighted by atomic mass is 32.2. The number of rotatable bonds is 7. The summed E-state index contributed by atoms with van der Waals surface area (Å²) in [6.07, 6.45) is -1.21. The molecular weight excluding hydrogens is 442 g/mol. The number of aliphatic hydroxyl groups is 2. The third kappa shape index (κ3) is 4.74. The molecule has 9 heteroatoms. The van der Waals surface area contributed by atoms with Gasteiger partial charge in [0.2, 0.25) is 0 Å². The minimum Gasteiger partial charge on any atom is -0.405 e. The summed E-state index contributed by atoms with van der Waals surface area (Å²) in [5.41, 5.74) is 8.30. The Morgan fingerprint density at radius 1 is 1.03 bits per heavy atom. The van der Waals surface area contributed by atoms with Gasteiger partial charge in [0.1, 0.15) is 17.6 Å². The lowest BCUT2D eigenvalue weighted by Crippen LogP contribution is -2.68. The number of hydrogen-bond donors (Lipinski definition) is 2. The minimum absolute atomic E-state index is 0.107. The second-order valence-corrected chi connectivity index (χ2v) is 14.2. The summed E-state index contributed by atoms with van der Waals surface area (Å²) in [7, 11) is -2.82. The minimum atomic E-state index is -2.82. The summed E-state index contributed by atoms with van der Waals surface area (Å²) < 4.78 is 12.9. The van der Waals surface area contributed by atoms with Crippen molar-refractivity contribution in [3.05, 3.63) is 71.1 Å². The van der Waals surface area contributed by atoms with E-state index >= 15 is 0 Å². The normalized spacial score (nSPS) is 26.4. The Bertz CT molecular complexity index is 882. The SMILES string of the molecule is CS[C@@H]1OC(CO[Si](c2ccccc2)(c2ccccc2)C(C)(C)C)[C@@H](O)[C@H](N=[N+]=[N-])C1O. The molecule has 1 saturated heterocycles. The van der Waals surface area contributed by atoms with Gasteiger partial charge in [-0.1, -0.05) is 86.5 Å². The highest BCUT2D eigenvalue weighted by Gasteiger charge is 2.52. The largest absolute Gasteiger partial charge is 0.405 e. The molecule has 0 saturated carbocycles. The molecule has 0 amide bonds. The van der Waals surface area contributed by atoms with Crippen molar-refractivity contribution < 1.29 is 19.4 Å². The van der Waals surface area contributed by atoms with Gasteiger partial charge in [0.05, 0.1) is 18.8 Å². The predicted octanol–water partition coefficient (Wildman–Crippen LogP) is 3.05. The van der Waals surface area contributed by atoms with E-state index in [4.69, 9.17) is 14.7 Å². The maximum atomic E-state index is 10.9. The molecule has 1 fully saturated rings. The number of ether oxygens (including phenoxy) is 1. The van der Waals surface area contributed by atoms with Crippen LogP contribution in [0.2, 0.25) is 5.04 Å². The molecule has 0 aromatic heterocycles. The van der Waals surface area contributed by atoms with Crippen LogP contribution >= 0.6 is 11.8 Å². The Morgan fingerprint density at radius 2 is 1.56 bits per heavy atom. The van der Waals surface area contributed by atoms with Crippen molar-refractivity contribution in [2.45, 2.75) is 55.6 Å². The molecule has 172 valence electrons. The van der Waals surface area contributed by atoms with Crippen molar-refractivity contribution in [2.24, 2.45) is 5.11 Å². The monoisotopic (exact) mass is 473 g/mol. The summed E-state index contributed by atoms with van der Waals surface area (Å²) in [5, 5.41) is 27.0. The Hall–Kier alpha value is -1.84. The van der Waals surface area contributed by atoms with E-state index < -0.39 is 38.1 Å². The van der Waals surface area contributed by atoms with Crippen LogP contribution in [0.3, 0.4) is 0 Å². The van der Waals surface area contributed by atoms with Gasteiger partial charge < -0.3 is 19.4 Å². The molecule has 7 nitrogen and oxygen atoms in total. The van der Waals surface area contributed by atoms with E-state index in [9.17, 15) is 10.2 Å². The van der Waals surface area contributed by atoms with Gasteiger partial charge in [0, 0.05) is 4.91 Å². The second-order valence-electron chi connectivity index (χ2n) is 8.93. The van der Waals surface area contributed by atoms with Crippen LogP contribution in [0.25, 0.3) is 10.4 Å². The van der Waals surface area contributed by atoms with Crippen molar-refractivity contribution in [2.75, 3.05) is 12.9 Å². The van der Waals surface area contributed by atoms with Gasteiger partial charge in [0.25, 0.3) is 8.32 Å². The molecule has 0 aliphatic carbocycles. The van der Waals surface area contributed by atoms with E-state index in [2.05, 4.69) is 55.1 Å². The highest BCUT2D eigenvalue weighted by molar-refractivity contribution is 7.99. The fourth-order valence-electron chi connectivity index (χ4n) is 4.41. The third-order valence-electron chi connectivity index (χ3n) is 5.97. The fraction of sp³-hybridized carbons (Fsp3) is 0.478. The van der Waals surface area contributed by atoms with Gasteiger partial charge in [-0.15, -0.1) is 11.8 Å². The van der Waals surface area contributed by atoms with Crippen LogP contribution in [0.4, 0.5) is 0 Å². The molecule has 0 radical (unpaired) electrons. The lowest BCUT2D eigenvalue weighted by atomic mass is 9.98. The van der Waals surface area contributed by atoms with Gasteiger partial charge >= 0.3 is 0 Å². The van der Waals surface area contributed by atoms with E-state index in [0.29, 0.717) is 0 Å². The maximum Gasteiger partial charge on any atom is 0.261 e. The van der Waals surface area contributed by atoms with Gasteiger partial charge in [-0.2, -0.15) is 0 Å². The van der Waals surface area contributed by atoms with Gasteiger partial charge in [0.15, 0.2) is 0 Å². The first-order valence-corrected chi connectivity index (χ1v) is 13.8. The summed E-state index contributed by atoms with van der Waals surface area (Å²) in [4.78, 5) is 2.81. The highest BCUT2D eigenvalue weighted by Crippen LogP contribution is 2.38. The van der Waals surface area contributed by atoms with Crippen LogP contribution in [-0.4, -0.2) is 61.2 Å². The van der Waals surface area contributed by atoms with Crippen LogP contribution in [0.1, 0.15) is 20.8 Å². The number of nitrogens with zero attached hydrogens (tertiary/aromatic N) is 3. The molecule has 2 unspecified atom stereocenters. The molecule has 2 aromatic carbocycles. The molecule has 3 rings (SSSR count). The van der Waals surface area contributed by atoms with Crippen LogP contribution in [0.15, 0.2) is 65.8 Å². The molecule has 32 heavy (non-hydrogen) atoms. The average molecular weight is 474 g/mol. The number of azide groups is 1. The molecule has 1 aliphatic heterocycles. The Balaban J connectivity index is 2.02. The Morgan fingerprint density at radius 3 is 2.00 bits per heavy atom. The lowest BCUT2D eigenvalue weighted by Gasteiger charge is -2.46. The van der Waals surface area contributed by atoms with E-state index in [0.717, 1.165) is 10.4 Å². The zero-order chi connectivity index (χ0) is 23.4. The maximum absolute atomic E-state index is 10.9. The zero-order valence-corrected chi connectivity index (χ0v) is 20.6. The molecule has 5 atom stereocenters. The molecule has 1 aliphatic rings. The first kappa shape index (κ1) is 24.8. The van der Waals surface area contributed by atoms with E-state index in [1.165, 1.54) is 11.8 Å².